The molecule has 0 atom stereocenters. The molecule has 0 radical (unpaired) electrons. The van der Waals surface area contributed by atoms with Gasteiger partial charge in [0.1, 0.15) is 5.56 Å². The van der Waals surface area contributed by atoms with Gasteiger partial charge in [0.2, 0.25) is 11.8 Å². The zero-order valence-corrected chi connectivity index (χ0v) is 10.8. The maximum absolute atomic E-state index is 11.8. The molecule has 0 unspecified atom stereocenters. The van der Waals surface area contributed by atoms with E-state index >= 15 is 0 Å². The monoisotopic (exact) mass is 288 g/mol. The highest BCUT2D eigenvalue weighted by Gasteiger charge is 2.14. The number of hydrogen-bond acceptors (Lipinski definition) is 7. The summed E-state index contributed by atoms with van der Waals surface area (Å²) in [5.74, 6) is -1.27. The number of fused-ring (bicyclic) bond motifs is 1. The predicted octanol–water partition coefficient (Wildman–Crippen LogP) is 1.08. The van der Waals surface area contributed by atoms with Gasteiger partial charge in [-0.15, -0.1) is 5.10 Å². The van der Waals surface area contributed by atoms with Crippen LogP contribution in [0.25, 0.3) is 18.2 Å². The molecule has 0 amide bonds. The third-order valence-corrected chi connectivity index (χ3v) is 2.77. The van der Waals surface area contributed by atoms with Crippen molar-refractivity contribution in [2.45, 2.75) is 0 Å². The fraction of sp³-hybridized carbons (Fsp3) is 0.0769. The summed E-state index contributed by atoms with van der Waals surface area (Å²) in [6.45, 7) is 0. The van der Waals surface area contributed by atoms with E-state index in [-0.39, 0.29) is 35.2 Å². The molecule has 8 nitrogen and oxygen atoms in total. The first-order valence-corrected chi connectivity index (χ1v) is 5.81. The zero-order valence-electron chi connectivity index (χ0n) is 13.8. The number of rotatable bonds is 3. The molecule has 21 heavy (non-hydrogen) atoms. The highest BCUT2D eigenvalue weighted by molar-refractivity contribution is 5.91. The van der Waals surface area contributed by atoms with Crippen molar-refractivity contribution < 1.29 is 17.4 Å². The molecule has 8 heteroatoms. The molecule has 0 aromatic carbocycles. The minimum absolute atomic E-state index is 0.0697. The van der Waals surface area contributed by atoms with Crippen molar-refractivity contribution in [2.75, 3.05) is 12.8 Å². The standard InChI is InChI=1S/C13H11N5O3/c1-21-11-9(12(19)20)4-8(6-15-11)7-2-3-18-10(5-7)16-13(14)17-18/h2-6H,1H3,(H2,14,17)(H,19,20)/i4D,6D/hD. The van der Waals surface area contributed by atoms with Crippen LogP contribution < -0.4 is 10.5 Å². The Balaban J connectivity index is 2.27. The number of carboxylic acids is 1. The minimum Gasteiger partial charge on any atom is -0.480 e. The van der Waals surface area contributed by atoms with E-state index in [9.17, 15) is 4.79 Å². The lowest BCUT2D eigenvalue weighted by Crippen LogP contribution is -2.02. The highest BCUT2D eigenvalue weighted by Crippen LogP contribution is 2.25. The van der Waals surface area contributed by atoms with Crippen molar-refractivity contribution in [3.63, 3.8) is 0 Å². The molecule has 0 aliphatic heterocycles. The molecule has 0 saturated carbocycles. The molecule has 0 saturated heterocycles. The fourth-order valence-electron chi connectivity index (χ4n) is 1.85. The third kappa shape index (κ3) is 2.22. The van der Waals surface area contributed by atoms with Crippen LogP contribution >= 0.6 is 0 Å². The number of methoxy groups -OCH3 is 1. The first kappa shape index (κ1) is 9.70. The number of aromatic carboxylic acids is 1. The van der Waals surface area contributed by atoms with Crippen LogP contribution in [0.4, 0.5) is 5.95 Å². The van der Waals surface area contributed by atoms with E-state index < -0.39 is 5.97 Å². The lowest BCUT2D eigenvalue weighted by Gasteiger charge is -2.07. The van der Waals surface area contributed by atoms with Gasteiger partial charge in [0.15, 0.2) is 5.65 Å². The Morgan fingerprint density at radius 1 is 1.57 bits per heavy atom. The Hall–Kier alpha value is -3.16. The molecular formula is C13H11N5O3. The average Bonchev–Trinajstić information content (AvgIpc) is 2.92. The van der Waals surface area contributed by atoms with E-state index in [4.69, 9.17) is 14.6 Å². The number of nitrogen functional groups attached to an aromatic ring is 1. The summed E-state index contributed by atoms with van der Waals surface area (Å²) in [6.07, 6.45) is 1.29. The Bertz CT molecular complexity index is 960. The lowest BCUT2D eigenvalue weighted by molar-refractivity contribution is 0.0692. The topological polar surface area (TPSA) is 116 Å². The van der Waals surface area contributed by atoms with Crippen molar-refractivity contribution >= 4 is 17.6 Å². The molecule has 3 heterocycles. The Morgan fingerprint density at radius 3 is 3.19 bits per heavy atom. The number of nitrogens with zero attached hydrogens (tertiary/aromatic N) is 4. The van der Waals surface area contributed by atoms with Crippen LogP contribution in [0.3, 0.4) is 0 Å². The number of carboxylic acid groups (broad SMARTS) is 1. The highest BCUT2D eigenvalue weighted by atomic mass is 16.5. The van der Waals surface area contributed by atoms with Crippen LogP contribution in [-0.4, -0.2) is 37.8 Å². The fourth-order valence-corrected chi connectivity index (χ4v) is 1.85. The Morgan fingerprint density at radius 2 is 2.43 bits per heavy atom. The molecule has 0 aliphatic carbocycles. The quantitative estimate of drug-likeness (QED) is 0.740. The number of aromatic nitrogens is 4. The van der Waals surface area contributed by atoms with Gasteiger partial charge in [-0.25, -0.2) is 14.3 Å². The molecule has 3 aromatic rings. The third-order valence-electron chi connectivity index (χ3n) is 2.77. The van der Waals surface area contributed by atoms with Gasteiger partial charge in [-0.1, -0.05) is 0 Å². The Labute approximate surface area is 123 Å². The van der Waals surface area contributed by atoms with Crippen molar-refractivity contribution in [3.8, 4) is 17.0 Å². The van der Waals surface area contributed by atoms with Gasteiger partial charge in [0, 0.05) is 17.9 Å². The van der Waals surface area contributed by atoms with Crippen LogP contribution in [0.1, 0.15) is 13.1 Å². The van der Waals surface area contributed by atoms with Gasteiger partial charge < -0.3 is 15.6 Å². The summed E-state index contributed by atoms with van der Waals surface area (Å²) in [5, 5.41) is 7.87. The van der Waals surface area contributed by atoms with E-state index in [1.165, 1.54) is 11.6 Å². The molecular weight excluding hydrogens is 274 g/mol. The second-order valence-electron chi connectivity index (χ2n) is 4.08. The molecule has 106 valence electrons. The molecule has 0 aliphatic rings. The summed E-state index contributed by atoms with van der Waals surface area (Å²) in [4.78, 5) is 19.6. The number of ether oxygens (including phenoxy) is 1. The number of anilines is 1. The van der Waals surface area contributed by atoms with Gasteiger partial charge in [-0.3, -0.25) is 0 Å². The summed E-state index contributed by atoms with van der Waals surface area (Å²) in [7, 11) is 1.24. The smallest absolute Gasteiger partial charge is 0.341 e. The summed E-state index contributed by atoms with van der Waals surface area (Å²) >= 11 is 0. The largest absolute Gasteiger partial charge is 0.480 e. The molecule has 3 rings (SSSR count). The number of carbonyl (C=O) groups is 1. The second-order valence-corrected chi connectivity index (χ2v) is 4.08. The van der Waals surface area contributed by atoms with Gasteiger partial charge >= 0.3 is 5.97 Å². The van der Waals surface area contributed by atoms with Crippen LogP contribution in [0.15, 0.2) is 30.5 Å². The van der Waals surface area contributed by atoms with Crippen molar-refractivity contribution in [1.29, 1.82) is 1.43 Å². The summed E-state index contributed by atoms with van der Waals surface area (Å²) < 4.78 is 29.4. The van der Waals surface area contributed by atoms with Crippen molar-refractivity contribution in [1.82, 2.24) is 19.6 Å². The molecule has 0 spiro atoms. The van der Waals surface area contributed by atoms with Gasteiger partial charge in [-0.05, 0) is 23.7 Å². The second kappa shape index (κ2) is 4.75. The minimum atomic E-state index is -1.10. The first-order chi connectivity index (χ1) is 11.5. The van der Waals surface area contributed by atoms with Gasteiger partial charge in [-0.2, -0.15) is 4.98 Å². The molecule has 0 fully saturated rings. The zero-order chi connectivity index (χ0) is 17.4. The SMILES string of the molecule is [2H]OC(=O)c1c(OC)nc([2H])c(-c2ccn3nc(N)nc3c2)c1[2H]. The summed E-state index contributed by atoms with van der Waals surface area (Å²) in [6, 6.07) is 2.80. The molecule has 3 N–H and O–H groups in total. The maximum atomic E-state index is 11.8. The average molecular weight is 288 g/mol. The van der Waals surface area contributed by atoms with Crippen molar-refractivity contribution in [2.24, 2.45) is 0 Å². The summed E-state index contributed by atoms with van der Waals surface area (Å²) in [5.41, 5.74) is 6.09. The van der Waals surface area contributed by atoms with Crippen LogP contribution in [0.2, 0.25) is 0 Å². The van der Waals surface area contributed by atoms with Gasteiger partial charge in [0.25, 0.3) is 1.43 Å². The van der Waals surface area contributed by atoms with E-state index in [0.29, 0.717) is 11.2 Å². The maximum Gasteiger partial charge on any atom is 0.341 e. The van der Waals surface area contributed by atoms with Crippen LogP contribution in [0.5, 0.6) is 5.88 Å². The predicted molar refractivity (Wildman–Crippen MR) is 74.1 cm³/mol. The molecule has 0 bridgehead atoms. The lowest BCUT2D eigenvalue weighted by atomic mass is 10.1. The van der Waals surface area contributed by atoms with E-state index in [1.807, 2.05) is 0 Å². The Kier molecular flexibility index (Phi) is 2.19. The number of pyridine rings is 2. The van der Waals surface area contributed by atoms with E-state index in [2.05, 4.69) is 20.2 Å². The van der Waals surface area contributed by atoms with E-state index in [0.717, 1.165) is 0 Å². The normalized spacial score (nSPS) is 12.5. The van der Waals surface area contributed by atoms with E-state index in [1.54, 1.807) is 18.3 Å². The van der Waals surface area contributed by atoms with Crippen LogP contribution in [-0.2, 0) is 0 Å². The van der Waals surface area contributed by atoms with Gasteiger partial charge in [0.05, 0.1) is 9.85 Å². The number of nitrogens with two attached hydrogens (primary N) is 1. The first-order valence-electron chi connectivity index (χ1n) is 7.22. The van der Waals surface area contributed by atoms with Crippen LogP contribution in [0, 0.1) is 0 Å². The number of hydrogen-bond donors (Lipinski definition) is 2. The molecule has 3 aromatic heterocycles. The van der Waals surface area contributed by atoms with Crippen molar-refractivity contribution in [3.05, 3.63) is 36.1 Å².